The fraction of sp³-hybridized carbons (Fsp3) is 0.250. The van der Waals surface area contributed by atoms with E-state index in [0.717, 1.165) is 29.1 Å². The van der Waals surface area contributed by atoms with Gasteiger partial charge < -0.3 is 25.7 Å². The number of anilines is 3. The van der Waals surface area contributed by atoms with Gasteiger partial charge in [-0.15, -0.1) is 0 Å². The number of aromatic nitrogens is 2. The quantitative estimate of drug-likeness (QED) is 0.455. The second-order valence-electron chi connectivity index (χ2n) is 8.08. The van der Waals surface area contributed by atoms with Crippen LogP contribution in [0.2, 0.25) is 0 Å². The van der Waals surface area contributed by atoms with E-state index in [2.05, 4.69) is 38.9 Å². The van der Waals surface area contributed by atoms with E-state index in [-0.39, 0.29) is 17.6 Å². The van der Waals surface area contributed by atoms with Gasteiger partial charge in [-0.25, -0.2) is 4.39 Å². The second-order valence-corrected chi connectivity index (χ2v) is 8.08. The molecule has 7 nitrogen and oxygen atoms in total. The van der Waals surface area contributed by atoms with Gasteiger partial charge in [-0.2, -0.15) is 0 Å². The van der Waals surface area contributed by atoms with Crippen LogP contribution in [-0.2, 0) is 0 Å². The molecule has 0 fully saturated rings. The summed E-state index contributed by atoms with van der Waals surface area (Å²) in [6.45, 7) is 3.33. The van der Waals surface area contributed by atoms with Crippen LogP contribution in [0.3, 0.4) is 0 Å². The number of methoxy groups -OCH3 is 1. The third kappa shape index (κ3) is 3.37. The van der Waals surface area contributed by atoms with Crippen molar-refractivity contribution in [3.8, 4) is 17.0 Å². The van der Waals surface area contributed by atoms with Crippen LogP contribution < -0.4 is 20.7 Å². The number of pyridine rings is 1. The molecule has 0 saturated carbocycles. The number of nitrogens with zero attached hydrogens (tertiary/aromatic N) is 1. The van der Waals surface area contributed by atoms with Gasteiger partial charge in [0.15, 0.2) is 11.6 Å². The van der Waals surface area contributed by atoms with Crippen molar-refractivity contribution < 1.29 is 13.9 Å². The van der Waals surface area contributed by atoms with Crippen LogP contribution >= 0.6 is 0 Å². The standard InChI is InChI=1S/C24H24FN5O2/c1-13-6-7-14-11-28-24(31)19-20(14)30-21(15-8-9-26-12-18(15)27-10-13)22(19)29-17-5-3-4-16(25)23(17)32-2/h3-6,8-9,12,14,27,29-30H,7,10-11H2,1-2H3,(H,28,31)/b13-6+/t14-/m0/s1. The number of halogens is 1. The first-order valence-electron chi connectivity index (χ1n) is 10.5. The van der Waals surface area contributed by atoms with Gasteiger partial charge in [0.25, 0.3) is 5.91 Å². The van der Waals surface area contributed by atoms with Crippen molar-refractivity contribution in [1.82, 2.24) is 15.3 Å². The number of amides is 1. The van der Waals surface area contributed by atoms with E-state index in [9.17, 15) is 9.18 Å². The second kappa shape index (κ2) is 8.03. The van der Waals surface area contributed by atoms with Crippen LogP contribution in [0.4, 0.5) is 21.5 Å². The molecule has 2 aliphatic rings. The van der Waals surface area contributed by atoms with Gasteiger partial charge in [-0.3, -0.25) is 9.78 Å². The fourth-order valence-corrected chi connectivity index (χ4v) is 4.35. The Morgan fingerprint density at radius 1 is 1.25 bits per heavy atom. The molecule has 1 atom stereocenters. The van der Waals surface area contributed by atoms with Gasteiger partial charge in [0.05, 0.1) is 41.6 Å². The number of hydrogen-bond donors (Lipinski definition) is 4. The lowest BCUT2D eigenvalue weighted by atomic mass is 9.92. The predicted molar refractivity (Wildman–Crippen MR) is 122 cm³/mol. The zero-order chi connectivity index (χ0) is 22.2. The van der Waals surface area contributed by atoms with Crippen LogP contribution in [0.5, 0.6) is 5.75 Å². The third-order valence-electron chi connectivity index (χ3n) is 6.00. The minimum atomic E-state index is -0.480. The SMILES string of the molecule is COc1c(F)cccc1Nc1c2[nH]c3c1C(=O)NC[C@@H]3C/C=C(\C)CNc1cnccc1-2. The fourth-order valence-electron chi connectivity index (χ4n) is 4.35. The highest BCUT2D eigenvalue weighted by Crippen LogP contribution is 2.44. The lowest BCUT2D eigenvalue weighted by molar-refractivity contribution is 0.0941. The maximum Gasteiger partial charge on any atom is 0.255 e. The molecule has 2 bridgehead atoms. The summed E-state index contributed by atoms with van der Waals surface area (Å²) in [6.07, 6.45) is 6.47. The Kier molecular flexibility index (Phi) is 5.05. The molecular weight excluding hydrogens is 409 g/mol. The number of aromatic amines is 1. The van der Waals surface area contributed by atoms with E-state index in [1.165, 1.54) is 18.7 Å². The molecule has 0 unspecified atom stereocenters. The Labute approximate surface area is 185 Å². The van der Waals surface area contributed by atoms with Crippen LogP contribution in [0, 0.1) is 5.82 Å². The Morgan fingerprint density at radius 2 is 2.12 bits per heavy atom. The van der Waals surface area contributed by atoms with Crippen molar-refractivity contribution in [2.75, 3.05) is 30.8 Å². The molecule has 8 heteroatoms. The number of nitrogens with one attached hydrogen (secondary N) is 4. The molecule has 2 aliphatic heterocycles. The number of ether oxygens (including phenoxy) is 1. The van der Waals surface area contributed by atoms with Gasteiger partial charge in [0.1, 0.15) is 0 Å². The predicted octanol–water partition coefficient (Wildman–Crippen LogP) is 4.56. The molecule has 0 radical (unpaired) electrons. The molecule has 1 amide bonds. The summed E-state index contributed by atoms with van der Waals surface area (Å²) >= 11 is 0. The smallest absolute Gasteiger partial charge is 0.255 e. The summed E-state index contributed by atoms with van der Waals surface area (Å²) in [5, 5.41) is 9.75. The number of carbonyl (C=O) groups is 1. The van der Waals surface area contributed by atoms with Crippen LogP contribution in [0.25, 0.3) is 11.3 Å². The lowest BCUT2D eigenvalue weighted by Crippen LogP contribution is -2.35. The van der Waals surface area contributed by atoms with E-state index < -0.39 is 5.82 Å². The highest BCUT2D eigenvalue weighted by molar-refractivity contribution is 6.07. The molecule has 3 aromatic rings. The van der Waals surface area contributed by atoms with Gasteiger partial charge >= 0.3 is 0 Å². The van der Waals surface area contributed by atoms with Crippen LogP contribution in [0.15, 0.2) is 48.3 Å². The number of para-hydroxylation sites is 1. The maximum atomic E-state index is 14.4. The van der Waals surface area contributed by atoms with E-state index >= 15 is 0 Å². The van der Waals surface area contributed by atoms with Crippen molar-refractivity contribution in [3.63, 3.8) is 0 Å². The summed E-state index contributed by atoms with van der Waals surface area (Å²) in [7, 11) is 1.42. The van der Waals surface area contributed by atoms with Gasteiger partial charge in [0, 0.05) is 36.5 Å². The Balaban J connectivity index is 1.75. The molecule has 4 heterocycles. The molecule has 5 rings (SSSR count). The summed E-state index contributed by atoms with van der Waals surface area (Å²) in [5.74, 6) is -0.455. The average Bonchev–Trinajstić information content (AvgIpc) is 3.16. The van der Waals surface area contributed by atoms with Crippen molar-refractivity contribution in [3.05, 3.63) is 65.4 Å². The van der Waals surface area contributed by atoms with Gasteiger partial charge in [0.2, 0.25) is 0 Å². The number of rotatable bonds is 3. The summed E-state index contributed by atoms with van der Waals surface area (Å²) < 4.78 is 19.7. The first-order chi connectivity index (χ1) is 15.6. The third-order valence-corrected chi connectivity index (χ3v) is 6.00. The number of benzene rings is 1. The molecule has 2 aromatic heterocycles. The first kappa shape index (κ1) is 20.1. The largest absolute Gasteiger partial charge is 0.492 e. The molecule has 164 valence electrons. The normalized spacial score (nSPS) is 18.9. The van der Waals surface area contributed by atoms with E-state index in [0.29, 0.717) is 30.0 Å². The van der Waals surface area contributed by atoms with E-state index in [1.807, 2.05) is 6.07 Å². The topological polar surface area (TPSA) is 91.1 Å². The molecule has 0 aliphatic carbocycles. The monoisotopic (exact) mass is 433 g/mol. The highest BCUT2D eigenvalue weighted by Gasteiger charge is 2.33. The zero-order valence-electron chi connectivity index (χ0n) is 17.9. The van der Waals surface area contributed by atoms with E-state index in [4.69, 9.17) is 4.74 Å². The minimum absolute atomic E-state index is 0.0916. The molecule has 0 spiro atoms. The van der Waals surface area contributed by atoms with Crippen LogP contribution in [-0.4, -0.2) is 36.1 Å². The number of H-pyrrole nitrogens is 1. The van der Waals surface area contributed by atoms with Crippen molar-refractivity contribution >= 4 is 23.0 Å². The van der Waals surface area contributed by atoms with Crippen molar-refractivity contribution in [2.24, 2.45) is 0 Å². The molecule has 1 aromatic carbocycles. The number of carbonyl (C=O) groups excluding carboxylic acids is 1. The number of hydrogen-bond acceptors (Lipinski definition) is 5. The number of fused-ring (bicyclic) bond motifs is 3. The van der Waals surface area contributed by atoms with Gasteiger partial charge in [-0.05, 0) is 31.5 Å². The highest BCUT2D eigenvalue weighted by atomic mass is 19.1. The Morgan fingerprint density at radius 3 is 2.97 bits per heavy atom. The van der Waals surface area contributed by atoms with Crippen molar-refractivity contribution in [1.29, 1.82) is 0 Å². The molecular formula is C24H24FN5O2. The van der Waals surface area contributed by atoms with Crippen LogP contribution in [0.1, 0.15) is 35.3 Å². The molecule has 32 heavy (non-hydrogen) atoms. The lowest BCUT2D eigenvalue weighted by Gasteiger charge is -2.23. The maximum absolute atomic E-state index is 14.4. The number of allylic oxidation sites excluding steroid dienone is 1. The summed E-state index contributed by atoms with van der Waals surface area (Å²) in [6, 6.07) is 6.57. The minimum Gasteiger partial charge on any atom is -0.492 e. The van der Waals surface area contributed by atoms with Gasteiger partial charge in [-0.1, -0.05) is 17.7 Å². The zero-order valence-corrected chi connectivity index (χ0v) is 17.9. The molecule has 0 saturated heterocycles. The summed E-state index contributed by atoms with van der Waals surface area (Å²) in [5.41, 5.74) is 6.10. The molecule has 4 N–H and O–H groups in total. The Bertz CT molecular complexity index is 1230. The Hall–Kier alpha value is -3.81. The average molecular weight is 433 g/mol. The first-order valence-corrected chi connectivity index (χ1v) is 10.5. The summed E-state index contributed by atoms with van der Waals surface area (Å²) in [4.78, 5) is 20.8. The van der Waals surface area contributed by atoms with E-state index in [1.54, 1.807) is 24.5 Å². The van der Waals surface area contributed by atoms with Crippen molar-refractivity contribution in [2.45, 2.75) is 19.3 Å².